The van der Waals surface area contributed by atoms with Crippen molar-refractivity contribution in [2.75, 3.05) is 0 Å². The van der Waals surface area contributed by atoms with Gasteiger partial charge in [-0.1, -0.05) is 80.1 Å². The molecule has 0 aromatic rings. The van der Waals surface area contributed by atoms with Crippen LogP contribution in [-0.2, 0) is 4.79 Å². The fourth-order valence-electron chi connectivity index (χ4n) is 7.24. The largest absolute Gasteiger partial charge is 0.481 e. The molecule has 5 nitrogen and oxygen atoms in total. The molecule has 0 amide bonds. The van der Waals surface area contributed by atoms with Crippen LogP contribution in [0.25, 0.3) is 0 Å². The summed E-state index contributed by atoms with van der Waals surface area (Å²) < 4.78 is 0. The summed E-state index contributed by atoms with van der Waals surface area (Å²) in [4.78, 5) is 20.7. The number of carboxylic acid groups (broad SMARTS) is 1. The highest BCUT2D eigenvalue weighted by molar-refractivity contribution is 5.69. The van der Waals surface area contributed by atoms with Gasteiger partial charge in [0.25, 0.3) is 0 Å². The van der Waals surface area contributed by atoms with Crippen molar-refractivity contribution in [2.45, 2.75) is 167 Å². The van der Waals surface area contributed by atoms with E-state index in [0.717, 1.165) is 0 Å². The van der Waals surface area contributed by atoms with Crippen molar-refractivity contribution in [3.8, 4) is 0 Å². The Kier molecular flexibility index (Phi) is 9.07. The zero-order chi connectivity index (χ0) is 23.5. The van der Waals surface area contributed by atoms with Gasteiger partial charge in [0, 0.05) is 36.3 Å². The first-order chi connectivity index (χ1) is 15.5. The van der Waals surface area contributed by atoms with Crippen LogP contribution in [0.3, 0.4) is 0 Å². The van der Waals surface area contributed by atoms with Crippen LogP contribution in [0.1, 0.15) is 125 Å². The molecule has 186 valence electrons. The second kappa shape index (κ2) is 11.2. The SMILES string of the molecule is CCCC1C(CCC)N1C(CC(=O)O)(N1C(CCC)C1CCC)N1C(CCC)C1CCC. The van der Waals surface area contributed by atoms with Crippen LogP contribution < -0.4 is 0 Å². The maximum atomic E-state index is 12.5. The Hall–Kier alpha value is -0.650. The molecule has 0 radical (unpaired) electrons. The van der Waals surface area contributed by atoms with E-state index in [9.17, 15) is 9.90 Å². The van der Waals surface area contributed by atoms with Crippen LogP contribution >= 0.6 is 0 Å². The molecular formula is C27H51N3O2. The summed E-state index contributed by atoms with van der Waals surface area (Å²) in [6, 6.07) is 3.30. The number of hydrogen-bond acceptors (Lipinski definition) is 4. The number of carbonyl (C=O) groups is 1. The van der Waals surface area contributed by atoms with Crippen molar-refractivity contribution in [2.24, 2.45) is 0 Å². The number of carboxylic acids is 1. The second-order valence-corrected chi connectivity index (χ2v) is 10.7. The Balaban J connectivity index is 2.05. The summed E-state index contributed by atoms with van der Waals surface area (Å²) >= 11 is 0. The molecule has 3 aliphatic heterocycles. The van der Waals surface area contributed by atoms with Crippen molar-refractivity contribution in [1.29, 1.82) is 0 Å². The molecule has 3 rings (SSSR count). The van der Waals surface area contributed by atoms with E-state index in [2.05, 4.69) is 56.2 Å². The average molecular weight is 450 g/mol. The lowest BCUT2D eigenvalue weighted by atomic mass is 10.1. The summed E-state index contributed by atoms with van der Waals surface area (Å²) in [5.41, 5.74) is 0. The zero-order valence-corrected chi connectivity index (χ0v) is 21.9. The highest BCUT2D eigenvalue weighted by Gasteiger charge is 2.74. The minimum absolute atomic E-state index is 0.244. The molecule has 3 aliphatic rings. The van der Waals surface area contributed by atoms with Crippen molar-refractivity contribution in [1.82, 2.24) is 14.7 Å². The quantitative estimate of drug-likeness (QED) is 0.273. The number of nitrogens with zero attached hydrogens (tertiary/aromatic N) is 3. The van der Waals surface area contributed by atoms with E-state index < -0.39 is 11.8 Å². The van der Waals surface area contributed by atoms with Crippen LogP contribution in [0.15, 0.2) is 0 Å². The molecule has 0 aliphatic carbocycles. The van der Waals surface area contributed by atoms with Gasteiger partial charge < -0.3 is 5.11 Å². The number of aliphatic carboxylic acids is 1. The van der Waals surface area contributed by atoms with Gasteiger partial charge in [-0.05, 0) is 38.5 Å². The molecule has 32 heavy (non-hydrogen) atoms. The van der Waals surface area contributed by atoms with E-state index in [1.165, 1.54) is 77.0 Å². The van der Waals surface area contributed by atoms with Crippen LogP contribution in [-0.4, -0.2) is 67.8 Å². The van der Waals surface area contributed by atoms with E-state index in [1.807, 2.05) is 0 Å². The summed E-state index contributed by atoms with van der Waals surface area (Å²) in [5.74, 6) is -1.04. The van der Waals surface area contributed by atoms with Crippen LogP contribution in [0, 0.1) is 0 Å². The standard InChI is InChI=1S/C27H51N3O2/c1-7-13-20-21(14-8-2)28(20)27(19-26(31)32,29-22(15-9-3)23(29)16-10-4)30-24(17-11-5)25(30)18-12-6/h20-25H,7-19H2,1-6H3,(H,31,32). The minimum atomic E-state index is -0.628. The van der Waals surface area contributed by atoms with Gasteiger partial charge in [-0.25, -0.2) is 0 Å². The molecule has 0 saturated carbocycles. The second-order valence-electron chi connectivity index (χ2n) is 10.7. The Morgan fingerprint density at radius 2 is 0.781 bits per heavy atom. The van der Waals surface area contributed by atoms with Gasteiger partial charge in [-0.2, -0.15) is 0 Å². The molecule has 3 saturated heterocycles. The number of rotatable bonds is 17. The third-order valence-electron chi connectivity index (χ3n) is 8.34. The van der Waals surface area contributed by atoms with Gasteiger partial charge in [0.2, 0.25) is 0 Å². The fraction of sp³-hybridized carbons (Fsp3) is 0.963. The number of hydrogen-bond donors (Lipinski definition) is 1. The molecule has 0 aromatic heterocycles. The highest BCUT2D eigenvalue weighted by atomic mass is 16.4. The molecule has 0 spiro atoms. The van der Waals surface area contributed by atoms with Crippen molar-refractivity contribution >= 4 is 5.97 Å². The van der Waals surface area contributed by atoms with Crippen LogP contribution in [0.5, 0.6) is 0 Å². The summed E-state index contributed by atoms with van der Waals surface area (Å²) in [6.45, 7) is 13.7. The molecule has 0 bridgehead atoms. The van der Waals surface area contributed by atoms with E-state index in [-0.39, 0.29) is 6.42 Å². The lowest BCUT2D eigenvalue weighted by Crippen LogP contribution is -2.58. The Labute approximate surface area is 197 Å². The van der Waals surface area contributed by atoms with Crippen molar-refractivity contribution in [3.63, 3.8) is 0 Å². The van der Waals surface area contributed by atoms with Gasteiger partial charge in [-0.3, -0.25) is 19.5 Å². The Morgan fingerprint density at radius 3 is 0.938 bits per heavy atom. The Bertz CT molecular complexity index is 506. The zero-order valence-electron chi connectivity index (χ0n) is 21.9. The third kappa shape index (κ3) is 4.77. The van der Waals surface area contributed by atoms with E-state index in [4.69, 9.17) is 0 Å². The first kappa shape index (κ1) is 26.0. The first-order valence-corrected chi connectivity index (χ1v) is 14.0. The molecule has 6 atom stereocenters. The van der Waals surface area contributed by atoms with E-state index in [0.29, 0.717) is 36.3 Å². The predicted molar refractivity (Wildman–Crippen MR) is 133 cm³/mol. The third-order valence-corrected chi connectivity index (χ3v) is 8.34. The fourth-order valence-corrected chi connectivity index (χ4v) is 7.24. The van der Waals surface area contributed by atoms with E-state index >= 15 is 0 Å². The molecule has 6 unspecified atom stereocenters. The smallest absolute Gasteiger partial charge is 0.308 e. The lowest BCUT2D eigenvalue weighted by molar-refractivity contribution is -0.148. The van der Waals surface area contributed by atoms with Crippen LogP contribution in [0.2, 0.25) is 0 Å². The minimum Gasteiger partial charge on any atom is -0.481 e. The first-order valence-electron chi connectivity index (χ1n) is 14.0. The molecule has 3 fully saturated rings. The van der Waals surface area contributed by atoms with Gasteiger partial charge in [0.15, 0.2) is 0 Å². The van der Waals surface area contributed by atoms with Crippen LogP contribution in [0.4, 0.5) is 0 Å². The molecular weight excluding hydrogens is 398 g/mol. The summed E-state index contributed by atoms with van der Waals surface area (Å²) in [6.07, 6.45) is 14.5. The highest BCUT2D eigenvalue weighted by Crippen LogP contribution is 2.59. The molecule has 3 heterocycles. The van der Waals surface area contributed by atoms with Gasteiger partial charge in [0.1, 0.15) is 5.79 Å². The molecule has 5 heteroatoms. The van der Waals surface area contributed by atoms with Crippen molar-refractivity contribution in [3.05, 3.63) is 0 Å². The normalized spacial score (nSPS) is 39.5. The van der Waals surface area contributed by atoms with E-state index in [1.54, 1.807) is 0 Å². The molecule has 0 aromatic carbocycles. The summed E-state index contributed by atoms with van der Waals surface area (Å²) in [5, 5.41) is 10.3. The maximum Gasteiger partial charge on any atom is 0.308 e. The monoisotopic (exact) mass is 449 g/mol. The predicted octanol–water partition coefficient (Wildman–Crippen LogP) is 6.07. The topological polar surface area (TPSA) is 46.3 Å². The average Bonchev–Trinajstić information content (AvgIpc) is 3.68. The maximum absolute atomic E-state index is 12.5. The van der Waals surface area contributed by atoms with Gasteiger partial charge in [0.05, 0.1) is 6.42 Å². The molecule has 1 N–H and O–H groups in total. The Morgan fingerprint density at radius 1 is 0.562 bits per heavy atom. The van der Waals surface area contributed by atoms with Gasteiger partial charge >= 0.3 is 5.97 Å². The summed E-state index contributed by atoms with van der Waals surface area (Å²) in [7, 11) is 0. The van der Waals surface area contributed by atoms with Gasteiger partial charge in [-0.15, -0.1) is 0 Å². The lowest BCUT2D eigenvalue weighted by Gasteiger charge is -2.41. The van der Waals surface area contributed by atoms with Crippen molar-refractivity contribution < 1.29 is 9.90 Å².